The lowest BCUT2D eigenvalue weighted by molar-refractivity contribution is -0.130. The second-order valence-electron chi connectivity index (χ2n) is 7.56. The molecule has 0 aromatic rings. The maximum Gasteiger partial charge on any atom is 0.273 e. The molecular formula is C17H22N4O. The van der Waals surface area contributed by atoms with Crippen LogP contribution in [0.5, 0.6) is 0 Å². The van der Waals surface area contributed by atoms with E-state index in [9.17, 15) is 4.79 Å². The third kappa shape index (κ3) is 1.66. The number of piperidine rings is 3. The highest BCUT2D eigenvalue weighted by Gasteiger charge is 2.60. The molecule has 5 nitrogen and oxygen atoms in total. The number of likely N-dealkylation sites (N-methyl/N-ethyl adjacent to an activating group) is 1. The monoisotopic (exact) mass is 298 g/mol. The molecule has 5 heterocycles. The third-order valence-corrected chi connectivity index (χ3v) is 6.32. The van der Waals surface area contributed by atoms with Crippen LogP contribution in [0.25, 0.3) is 0 Å². The summed E-state index contributed by atoms with van der Waals surface area (Å²) in [5.41, 5.74) is 1.56. The van der Waals surface area contributed by atoms with Crippen LogP contribution in [0, 0.1) is 17.8 Å². The van der Waals surface area contributed by atoms with E-state index in [1.165, 1.54) is 31.5 Å². The van der Waals surface area contributed by atoms with E-state index in [1.54, 1.807) is 0 Å². The molecule has 0 amide bonds. The largest absolute Gasteiger partial charge is 0.376 e. The molecule has 2 bridgehead atoms. The van der Waals surface area contributed by atoms with Crippen molar-refractivity contribution in [3.05, 3.63) is 23.4 Å². The summed E-state index contributed by atoms with van der Waals surface area (Å²) in [6.07, 6.45) is 7.77. The topological polar surface area (TPSA) is 48.3 Å². The molecular weight excluding hydrogens is 276 g/mol. The predicted octanol–water partition coefficient (Wildman–Crippen LogP) is 1.83. The van der Waals surface area contributed by atoms with Gasteiger partial charge in [0.05, 0.1) is 0 Å². The first-order valence-electron chi connectivity index (χ1n) is 8.50. The number of carbonyl (C=O) groups excluding carboxylic acids is 1. The number of fused-ring (bicyclic) bond motifs is 5. The van der Waals surface area contributed by atoms with Crippen molar-refractivity contribution < 1.29 is 4.79 Å². The summed E-state index contributed by atoms with van der Waals surface area (Å²) < 4.78 is 0. The highest BCUT2D eigenvalue weighted by atomic mass is 16.1. The van der Waals surface area contributed by atoms with Gasteiger partial charge in [0.25, 0.3) is 5.66 Å². The van der Waals surface area contributed by atoms with Gasteiger partial charge in [0, 0.05) is 37.8 Å². The molecule has 1 aliphatic carbocycles. The van der Waals surface area contributed by atoms with Crippen LogP contribution in [0.2, 0.25) is 0 Å². The fourth-order valence-corrected chi connectivity index (χ4v) is 5.07. The lowest BCUT2D eigenvalue weighted by Gasteiger charge is -2.49. The summed E-state index contributed by atoms with van der Waals surface area (Å²) in [7, 11) is 2.09. The number of hydrogen-bond donors (Lipinski definition) is 0. The van der Waals surface area contributed by atoms with Crippen molar-refractivity contribution >= 4 is 5.78 Å². The third-order valence-electron chi connectivity index (χ3n) is 6.32. The van der Waals surface area contributed by atoms with Gasteiger partial charge in [-0.05, 0) is 49.8 Å². The summed E-state index contributed by atoms with van der Waals surface area (Å²) in [4.78, 5) is 17.9. The molecule has 2 atom stereocenters. The molecule has 6 aliphatic rings. The molecule has 0 N–H and O–H groups in total. The van der Waals surface area contributed by atoms with Crippen LogP contribution >= 0.6 is 0 Å². The molecule has 6 rings (SSSR count). The molecule has 5 heteroatoms. The lowest BCUT2D eigenvalue weighted by atomic mass is 9.63. The molecule has 0 aromatic heterocycles. The minimum absolute atomic E-state index is 0.109. The van der Waals surface area contributed by atoms with Crippen molar-refractivity contribution in [1.29, 1.82) is 0 Å². The van der Waals surface area contributed by atoms with Crippen LogP contribution in [-0.2, 0) is 4.79 Å². The first kappa shape index (κ1) is 13.0. The van der Waals surface area contributed by atoms with Gasteiger partial charge in [-0.3, -0.25) is 4.79 Å². The van der Waals surface area contributed by atoms with Gasteiger partial charge in [0.1, 0.15) is 0 Å². The number of hydrogen-bond acceptors (Lipinski definition) is 5. The summed E-state index contributed by atoms with van der Waals surface area (Å²) in [5, 5.41) is 8.45. The van der Waals surface area contributed by atoms with Crippen molar-refractivity contribution in [3.63, 3.8) is 0 Å². The Balaban J connectivity index is 1.49. The molecule has 1 saturated carbocycles. The number of nitrogens with zero attached hydrogens (tertiary/aromatic N) is 4. The highest BCUT2D eigenvalue weighted by molar-refractivity contribution is 5.99. The van der Waals surface area contributed by atoms with Crippen LogP contribution in [0.1, 0.15) is 19.3 Å². The van der Waals surface area contributed by atoms with Gasteiger partial charge in [0.15, 0.2) is 5.78 Å². The number of carbonyl (C=O) groups is 1. The summed E-state index contributed by atoms with van der Waals surface area (Å²) in [6.45, 7) is 4.39. The van der Waals surface area contributed by atoms with Gasteiger partial charge in [-0.15, -0.1) is 10.2 Å². The SMILES string of the molecule is CN1C=C2C[C@H](C3CN4CCC3CC4)C(=O)C3(N=N3)C2=CC1. The zero-order valence-electron chi connectivity index (χ0n) is 13.0. The van der Waals surface area contributed by atoms with Crippen molar-refractivity contribution in [1.82, 2.24) is 9.80 Å². The average molecular weight is 298 g/mol. The Morgan fingerprint density at radius 1 is 1.27 bits per heavy atom. The zero-order chi connectivity index (χ0) is 14.9. The zero-order valence-corrected chi connectivity index (χ0v) is 13.0. The quantitative estimate of drug-likeness (QED) is 0.742. The van der Waals surface area contributed by atoms with Crippen molar-refractivity contribution in [3.8, 4) is 0 Å². The summed E-state index contributed by atoms with van der Waals surface area (Å²) >= 11 is 0. The van der Waals surface area contributed by atoms with Gasteiger partial charge in [-0.25, -0.2) is 0 Å². The highest BCUT2D eigenvalue weighted by Crippen LogP contribution is 2.53. The summed E-state index contributed by atoms with van der Waals surface area (Å²) in [6, 6.07) is 0. The Bertz CT molecular complexity index is 621. The van der Waals surface area contributed by atoms with E-state index >= 15 is 0 Å². The van der Waals surface area contributed by atoms with Crippen LogP contribution in [-0.4, -0.2) is 54.5 Å². The van der Waals surface area contributed by atoms with Crippen molar-refractivity contribution in [2.75, 3.05) is 33.2 Å². The van der Waals surface area contributed by atoms with Crippen LogP contribution < -0.4 is 0 Å². The maximum absolute atomic E-state index is 13.1. The second-order valence-corrected chi connectivity index (χ2v) is 7.56. The fourth-order valence-electron chi connectivity index (χ4n) is 5.07. The summed E-state index contributed by atoms with van der Waals surface area (Å²) in [5.74, 6) is 1.62. The molecule has 1 unspecified atom stereocenters. The second kappa shape index (κ2) is 4.28. The number of rotatable bonds is 1. The maximum atomic E-state index is 13.1. The van der Waals surface area contributed by atoms with Crippen LogP contribution in [0.3, 0.4) is 0 Å². The first-order chi connectivity index (χ1) is 10.7. The standard InChI is InChI=1S/C17H22N4O/c1-20-5-4-15-12(9-20)8-13(16(22)17(15)18-19-17)14-10-21-6-2-11(14)3-7-21/h4,9,11,13-14H,2-3,5-8,10H2,1H3/t13-,14?/m1/s1. The molecule has 3 saturated heterocycles. The normalized spacial score (nSPS) is 41.3. The lowest BCUT2D eigenvalue weighted by Crippen LogP contribution is -2.54. The van der Waals surface area contributed by atoms with Gasteiger partial charge < -0.3 is 9.80 Å². The Labute approximate surface area is 130 Å². The Morgan fingerprint density at radius 3 is 2.68 bits per heavy atom. The smallest absolute Gasteiger partial charge is 0.273 e. The van der Waals surface area contributed by atoms with Gasteiger partial charge in [0.2, 0.25) is 0 Å². The van der Waals surface area contributed by atoms with E-state index in [-0.39, 0.29) is 11.7 Å². The molecule has 0 aromatic carbocycles. The minimum atomic E-state index is -0.804. The van der Waals surface area contributed by atoms with E-state index in [0.717, 1.165) is 31.0 Å². The number of Topliss-reactive ketones (excluding diaryl/α,β-unsaturated/α-hetero) is 1. The predicted molar refractivity (Wildman–Crippen MR) is 82.2 cm³/mol. The molecule has 5 aliphatic heterocycles. The van der Waals surface area contributed by atoms with Crippen LogP contribution in [0.15, 0.2) is 33.7 Å². The molecule has 116 valence electrons. The number of ketones is 1. The van der Waals surface area contributed by atoms with Gasteiger partial charge >= 0.3 is 0 Å². The average Bonchev–Trinajstić information content (AvgIpc) is 3.33. The van der Waals surface area contributed by atoms with Crippen LogP contribution in [0.4, 0.5) is 0 Å². The molecule has 4 fully saturated rings. The van der Waals surface area contributed by atoms with E-state index in [4.69, 9.17) is 0 Å². The van der Waals surface area contributed by atoms with Gasteiger partial charge in [-0.2, -0.15) is 0 Å². The van der Waals surface area contributed by atoms with E-state index in [2.05, 4.69) is 39.4 Å². The Morgan fingerprint density at radius 2 is 2.05 bits per heavy atom. The van der Waals surface area contributed by atoms with E-state index < -0.39 is 5.66 Å². The first-order valence-corrected chi connectivity index (χ1v) is 8.50. The fraction of sp³-hybridized carbons (Fsp3) is 0.706. The Kier molecular flexibility index (Phi) is 2.53. The minimum Gasteiger partial charge on any atom is -0.376 e. The molecule has 22 heavy (non-hydrogen) atoms. The van der Waals surface area contributed by atoms with E-state index in [1.807, 2.05) is 0 Å². The van der Waals surface area contributed by atoms with Gasteiger partial charge in [-0.1, -0.05) is 6.08 Å². The van der Waals surface area contributed by atoms with E-state index in [0.29, 0.717) is 5.92 Å². The van der Waals surface area contributed by atoms with Crippen molar-refractivity contribution in [2.45, 2.75) is 24.9 Å². The molecule has 1 spiro atoms. The Hall–Kier alpha value is -1.49. The van der Waals surface area contributed by atoms with Crippen molar-refractivity contribution in [2.24, 2.45) is 28.0 Å². The molecule has 0 radical (unpaired) electrons.